The fourth-order valence-electron chi connectivity index (χ4n) is 3.87. The van der Waals surface area contributed by atoms with Crippen molar-refractivity contribution < 1.29 is 22.7 Å². The van der Waals surface area contributed by atoms with Crippen LogP contribution in [0.1, 0.15) is 23.6 Å². The molecule has 0 aliphatic rings. The van der Waals surface area contributed by atoms with E-state index in [4.69, 9.17) is 4.74 Å². The van der Waals surface area contributed by atoms with Crippen molar-refractivity contribution in [2.75, 3.05) is 25.0 Å². The van der Waals surface area contributed by atoms with Crippen LogP contribution in [0.5, 0.6) is 5.75 Å². The van der Waals surface area contributed by atoms with Crippen molar-refractivity contribution >= 4 is 27.5 Å². The van der Waals surface area contributed by atoms with E-state index in [-0.39, 0.29) is 17.3 Å². The Morgan fingerprint density at radius 3 is 2.16 bits per heavy atom. The van der Waals surface area contributed by atoms with Crippen LogP contribution in [-0.4, -0.2) is 51.9 Å². The summed E-state index contributed by atoms with van der Waals surface area (Å²) < 4.78 is 33.8. The molecule has 3 aromatic rings. The number of benzene rings is 3. The van der Waals surface area contributed by atoms with Gasteiger partial charge in [0.15, 0.2) is 0 Å². The van der Waals surface area contributed by atoms with Crippen LogP contribution >= 0.6 is 0 Å². The first-order valence-electron chi connectivity index (χ1n) is 11.9. The molecule has 3 rings (SSSR count). The highest BCUT2D eigenvalue weighted by molar-refractivity contribution is 7.92. The highest BCUT2D eigenvalue weighted by atomic mass is 32.2. The minimum atomic E-state index is -4.08. The molecule has 0 spiro atoms. The number of carbonyl (C=O) groups is 2. The summed E-state index contributed by atoms with van der Waals surface area (Å²) in [5, 5.41) is 2.57. The van der Waals surface area contributed by atoms with Crippen molar-refractivity contribution in [2.24, 2.45) is 0 Å². The molecular formula is C28H33N3O5S. The second-order valence-electron chi connectivity index (χ2n) is 8.82. The molecule has 0 bridgehead atoms. The molecule has 9 heteroatoms. The van der Waals surface area contributed by atoms with E-state index < -0.39 is 28.5 Å². The zero-order chi connectivity index (χ0) is 27.2. The number of anilines is 1. The summed E-state index contributed by atoms with van der Waals surface area (Å²) in [7, 11) is -1.02. The standard InChI is InChI=1S/C28H33N3O5S/c1-20-9-15-26(16-10-20)37(34,35)31(24-8-6-7-21(2)17-24)19-27(32)30(22(3)28(33)29-4)18-23-11-13-25(36-5)14-12-23/h6-17,22H,18-19H2,1-5H3,(H,29,33)/t22-/m0/s1. The first-order chi connectivity index (χ1) is 17.6. The lowest BCUT2D eigenvalue weighted by atomic mass is 10.1. The van der Waals surface area contributed by atoms with Crippen molar-refractivity contribution in [3.8, 4) is 5.75 Å². The molecule has 0 aromatic heterocycles. The highest BCUT2D eigenvalue weighted by Crippen LogP contribution is 2.26. The normalized spacial score (nSPS) is 11.9. The fourth-order valence-corrected chi connectivity index (χ4v) is 5.27. The summed E-state index contributed by atoms with van der Waals surface area (Å²) in [6.45, 7) is 4.98. The molecule has 0 saturated heterocycles. The molecule has 0 heterocycles. The summed E-state index contributed by atoms with van der Waals surface area (Å²) in [6, 6.07) is 19.8. The van der Waals surface area contributed by atoms with Crippen molar-refractivity contribution in [1.29, 1.82) is 0 Å². The predicted molar refractivity (Wildman–Crippen MR) is 144 cm³/mol. The summed E-state index contributed by atoms with van der Waals surface area (Å²) in [5.41, 5.74) is 2.91. The van der Waals surface area contributed by atoms with Crippen LogP contribution in [0.25, 0.3) is 0 Å². The average molecular weight is 524 g/mol. The summed E-state index contributed by atoms with van der Waals surface area (Å²) in [4.78, 5) is 27.8. The van der Waals surface area contributed by atoms with Gasteiger partial charge in [-0.25, -0.2) is 8.42 Å². The van der Waals surface area contributed by atoms with E-state index in [0.29, 0.717) is 11.4 Å². The average Bonchev–Trinajstić information content (AvgIpc) is 2.89. The van der Waals surface area contributed by atoms with E-state index in [0.717, 1.165) is 21.0 Å². The molecule has 0 aliphatic carbocycles. The van der Waals surface area contributed by atoms with Crippen LogP contribution in [0.15, 0.2) is 77.7 Å². The number of hydrogen-bond acceptors (Lipinski definition) is 5. The third-order valence-corrected chi connectivity index (χ3v) is 7.89. The number of methoxy groups -OCH3 is 1. The molecule has 3 aromatic carbocycles. The molecule has 0 fully saturated rings. The van der Waals surface area contributed by atoms with E-state index in [9.17, 15) is 18.0 Å². The van der Waals surface area contributed by atoms with Gasteiger partial charge < -0.3 is 15.0 Å². The number of likely N-dealkylation sites (N-methyl/N-ethyl adjacent to an activating group) is 1. The van der Waals surface area contributed by atoms with Crippen molar-refractivity contribution in [3.05, 3.63) is 89.5 Å². The Bertz CT molecular complexity index is 1340. The number of aryl methyl sites for hydroxylation is 2. The van der Waals surface area contributed by atoms with Crippen LogP contribution in [0, 0.1) is 13.8 Å². The van der Waals surface area contributed by atoms with E-state index in [1.165, 1.54) is 24.1 Å². The largest absolute Gasteiger partial charge is 0.497 e. The van der Waals surface area contributed by atoms with Crippen LogP contribution in [0.3, 0.4) is 0 Å². The van der Waals surface area contributed by atoms with Gasteiger partial charge in [-0.15, -0.1) is 0 Å². The van der Waals surface area contributed by atoms with E-state index in [1.54, 1.807) is 68.6 Å². The Labute approximate surface area is 218 Å². The molecule has 37 heavy (non-hydrogen) atoms. The second kappa shape index (κ2) is 11.9. The molecule has 1 N–H and O–H groups in total. The Morgan fingerprint density at radius 2 is 1.59 bits per heavy atom. The lowest BCUT2D eigenvalue weighted by Gasteiger charge is -2.32. The number of hydrogen-bond donors (Lipinski definition) is 1. The van der Waals surface area contributed by atoms with Gasteiger partial charge in [-0.3, -0.25) is 13.9 Å². The van der Waals surface area contributed by atoms with Crippen molar-refractivity contribution in [2.45, 2.75) is 38.3 Å². The van der Waals surface area contributed by atoms with Crippen LogP contribution in [-0.2, 0) is 26.2 Å². The van der Waals surface area contributed by atoms with Gasteiger partial charge >= 0.3 is 0 Å². The topological polar surface area (TPSA) is 96.0 Å². The van der Waals surface area contributed by atoms with Gasteiger partial charge in [0, 0.05) is 13.6 Å². The van der Waals surface area contributed by atoms with E-state index in [2.05, 4.69) is 5.32 Å². The number of amides is 2. The van der Waals surface area contributed by atoms with Crippen LogP contribution in [0.4, 0.5) is 5.69 Å². The quantitative estimate of drug-likeness (QED) is 0.438. The molecule has 0 saturated carbocycles. The summed E-state index contributed by atoms with van der Waals surface area (Å²) in [6.07, 6.45) is 0. The van der Waals surface area contributed by atoms with Crippen molar-refractivity contribution in [1.82, 2.24) is 10.2 Å². The van der Waals surface area contributed by atoms with Gasteiger partial charge in [-0.1, -0.05) is 42.0 Å². The smallest absolute Gasteiger partial charge is 0.264 e. The molecule has 0 unspecified atom stereocenters. The SMILES string of the molecule is CNC(=O)[C@H](C)N(Cc1ccc(OC)cc1)C(=O)CN(c1cccc(C)c1)S(=O)(=O)c1ccc(C)cc1. The molecule has 196 valence electrons. The zero-order valence-corrected chi connectivity index (χ0v) is 22.6. The maximum atomic E-state index is 13.8. The van der Waals surface area contributed by atoms with Crippen molar-refractivity contribution in [3.63, 3.8) is 0 Å². The molecule has 0 radical (unpaired) electrons. The number of sulfonamides is 1. The van der Waals surface area contributed by atoms with Gasteiger partial charge in [0.25, 0.3) is 10.0 Å². The zero-order valence-electron chi connectivity index (χ0n) is 21.8. The van der Waals surface area contributed by atoms with Gasteiger partial charge in [0.1, 0.15) is 18.3 Å². The monoisotopic (exact) mass is 523 g/mol. The number of nitrogens with zero attached hydrogens (tertiary/aromatic N) is 2. The van der Waals surface area contributed by atoms with Gasteiger partial charge in [0.05, 0.1) is 17.7 Å². The third-order valence-electron chi connectivity index (χ3n) is 6.10. The second-order valence-corrected chi connectivity index (χ2v) is 10.7. The van der Waals surface area contributed by atoms with Gasteiger partial charge in [-0.2, -0.15) is 0 Å². The van der Waals surface area contributed by atoms with E-state index >= 15 is 0 Å². The van der Waals surface area contributed by atoms with Crippen LogP contribution in [0.2, 0.25) is 0 Å². The third kappa shape index (κ3) is 6.68. The lowest BCUT2D eigenvalue weighted by Crippen LogP contribution is -2.50. The summed E-state index contributed by atoms with van der Waals surface area (Å²) in [5.74, 6) is -0.203. The van der Waals surface area contributed by atoms with Gasteiger partial charge in [0.2, 0.25) is 11.8 Å². The first-order valence-corrected chi connectivity index (χ1v) is 13.3. The first kappa shape index (κ1) is 27.7. The minimum Gasteiger partial charge on any atom is -0.497 e. The minimum absolute atomic E-state index is 0.0773. The number of nitrogens with one attached hydrogen (secondary N) is 1. The fraction of sp³-hybridized carbons (Fsp3) is 0.286. The van der Waals surface area contributed by atoms with Crippen LogP contribution < -0.4 is 14.4 Å². The molecule has 0 aliphatic heterocycles. The number of ether oxygens (including phenoxy) is 1. The molecule has 2 amide bonds. The maximum absolute atomic E-state index is 13.8. The predicted octanol–water partition coefficient (Wildman–Crippen LogP) is 3.67. The highest BCUT2D eigenvalue weighted by Gasteiger charge is 2.32. The molecular weight excluding hydrogens is 490 g/mol. The lowest BCUT2D eigenvalue weighted by molar-refractivity contribution is -0.139. The Balaban J connectivity index is 2.01. The Kier molecular flexibility index (Phi) is 8.94. The van der Waals surface area contributed by atoms with Gasteiger partial charge in [-0.05, 0) is 68.3 Å². The number of carbonyl (C=O) groups excluding carboxylic acids is 2. The Morgan fingerprint density at radius 1 is 0.946 bits per heavy atom. The Hall–Kier alpha value is -3.85. The number of rotatable bonds is 10. The molecule has 1 atom stereocenters. The van der Waals surface area contributed by atoms with E-state index in [1.807, 2.05) is 19.9 Å². The maximum Gasteiger partial charge on any atom is 0.264 e. The molecule has 8 nitrogen and oxygen atoms in total. The summed E-state index contributed by atoms with van der Waals surface area (Å²) >= 11 is 0.